The number of unbranched alkanes of at least 4 members (excludes halogenated alkanes) is 2. The van der Waals surface area contributed by atoms with Gasteiger partial charge in [0.05, 0.1) is 18.4 Å². The second kappa shape index (κ2) is 15.2. The second-order valence-corrected chi connectivity index (χ2v) is 10.8. The number of benzene rings is 1. The summed E-state index contributed by atoms with van der Waals surface area (Å²) < 4.78 is 40.6. The first kappa shape index (κ1) is 34.6. The lowest BCUT2D eigenvalue weighted by molar-refractivity contribution is -0.170. The van der Waals surface area contributed by atoms with Crippen LogP contribution in [-0.4, -0.2) is 62.8 Å². The number of hydrogen-bond acceptors (Lipinski definition) is 8. The lowest BCUT2D eigenvalue weighted by Crippen LogP contribution is -2.41. The highest BCUT2D eigenvalue weighted by Gasteiger charge is 2.43. The third kappa shape index (κ3) is 9.81. The van der Waals surface area contributed by atoms with Crippen LogP contribution in [0.5, 0.6) is 0 Å². The summed E-state index contributed by atoms with van der Waals surface area (Å²) in [6.07, 6.45) is -1.99. The van der Waals surface area contributed by atoms with Crippen molar-refractivity contribution in [3.8, 4) is 0 Å². The van der Waals surface area contributed by atoms with E-state index in [9.17, 15) is 37.1 Å². The minimum absolute atomic E-state index is 0.0246. The van der Waals surface area contributed by atoms with Crippen LogP contribution in [0, 0.1) is 11.8 Å². The van der Waals surface area contributed by atoms with Gasteiger partial charge in [0, 0.05) is 36.2 Å². The van der Waals surface area contributed by atoms with Gasteiger partial charge >= 0.3 is 12.1 Å². The van der Waals surface area contributed by atoms with E-state index >= 15 is 0 Å². The molecule has 0 atom stereocenters. The molecular formula is C29H35F3N8O5. The van der Waals surface area contributed by atoms with Crippen LogP contribution in [0.3, 0.4) is 0 Å². The molecule has 0 aliphatic rings. The molecule has 0 bridgehead atoms. The van der Waals surface area contributed by atoms with E-state index < -0.39 is 41.9 Å². The molecule has 2 heterocycles. The molecular weight excluding hydrogens is 597 g/mol. The van der Waals surface area contributed by atoms with Gasteiger partial charge in [-0.05, 0) is 43.5 Å². The van der Waals surface area contributed by atoms with Crippen LogP contribution in [0.1, 0.15) is 63.0 Å². The normalized spacial score (nSPS) is 11.5. The summed E-state index contributed by atoms with van der Waals surface area (Å²) in [6.45, 7) is 7.08. The molecule has 0 aliphatic heterocycles. The van der Waals surface area contributed by atoms with Crippen LogP contribution < -0.4 is 26.4 Å². The number of halogens is 3. The van der Waals surface area contributed by atoms with Crippen LogP contribution in [0.2, 0.25) is 0 Å². The number of amides is 4. The predicted octanol–water partition coefficient (Wildman–Crippen LogP) is 3.08. The maximum Gasteiger partial charge on any atom is 0.471 e. The van der Waals surface area contributed by atoms with Gasteiger partial charge in [-0.25, -0.2) is 9.97 Å². The van der Waals surface area contributed by atoms with E-state index in [2.05, 4.69) is 35.9 Å². The first-order chi connectivity index (χ1) is 21.2. The molecule has 0 unspecified atom stereocenters. The molecule has 0 saturated heterocycles. The number of aromatic amines is 1. The molecule has 4 N–H and O–H groups in total. The molecule has 3 rings (SSSR count). The minimum Gasteiger partial charge on any atom is -0.356 e. The third-order valence-corrected chi connectivity index (χ3v) is 6.45. The first-order valence-corrected chi connectivity index (χ1v) is 14.3. The van der Waals surface area contributed by atoms with Crippen molar-refractivity contribution in [3.63, 3.8) is 0 Å². The van der Waals surface area contributed by atoms with Crippen molar-refractivity contribution in [1.82, 2.24) is 30.6 Å². The molecule has 0 saturated carbocycles. The van der Waals surface area contributed by atoms with Crippen molar-refractivity contribution in [3.05, 3.63) is 52.1 Å². The van der Waals surface area contributed by atoms with E-state index in [1.807, 2.05) is 0 Å². The summed E-state index contributed by atoms with van der Waals surface area (Å²) in [5.41, 5.74) is -1.40. The van der Waals surface area contributed by atoms with E-state index in [1.54, 1.807) is 27.7 Å². The number of carbonyl (C=O) groups is 4. The fourth-order valence-corrected chi connectivity index (χ4v) is 3.89. The van der Waals surface area contributed by atoms with Gasteiger partial charge < -0.3 is 10.6 Å². The minimum atomic E-state index is -5.24. The van der Waals surface area contributed by atoms with Crippen LogP contribution in [-0.2, 0) is 20.9 Å². The summed E-state index contributed by atoms with van der Waals surface area (Å²) in [5.74, 6) is -3.73. The first-order valence-electron chi connectivity index (χ1n) is 14.3. The molecule has 0 aliphatic carbocycles. The summed E-state index contributed by atoms with van der Waals surface area (Å²) >= 11 is 0. The average Bonchev–Trinajstić information content (AvgIpc) is 2.98. The maximum atomic E-state index is 13.5. The molecule has 0 radical (unpaired) electrons. The van der Waals surface area contributed by atoms with Crippen molar-refractivity contribution in [1.29, 1.82) is 0 Å². The standard InChI is InChI=1S/C29H35F3N8O5/c1-16(2)23(41)33-12-6-5-7-13-34-25(43)18-8-10-20(11-9-18)40(27(45)29(30,31)32)15-19-14-35-22-21(36-19)26(44)39-28(37-22)38-24(42)17(3)4/h8-11,14,16-17H,5-7,12-13,15H2,1-4H3,(H,33,41)(H,34,43)(H2,35,37,38,39,42,44). The Kier molecular flexibility index (Phi) is 11.7. The fourth-order valence-electron chi connectivity index (χ4n) is 3.89. The molecule has 242 valence electrons. The highest BCUT2D eigenvalue weighted by Crippen LogP contribution is 2.26. The van der Waals surface area contributed by atoms with Gasteiger partial charge in [0.15, 0.2) is 11.2 Å². The van der Waals surface area contributed by atoms with Crippen LogP contribution in [0.15, 0.2) is 35.3 Å². The lowest BCUT2D eigenvalue weighted by Gasteiger charge is -2.23. The topological polar surface area (TPSA) is 179 Å². The number of nitrogens with one attached hydrogen (secondary N) is 4. The van der Waals surface area contributed by atoms with Crippen molar-refractivity contribution in [2.24, 2.45) is 11.8 Å². The number of H-pyrrole nitrogens is 1. The highest BCUT2D eigenvalue weighted by molar-refractivity contribution is 5.98. The zero-order valence-corrected chi connectivity index (χ0v) is 25.2. The number of rotatable bonds is 13. The Balaban J connectivity index is 1.69. The van der Waals surface area contributed by atoms with Crippen LogP contribution in [0.4, 0.5) is 24.8 Å². The Morgan fingerprint density at radius 3 is 2.11 bits per heavy atom. The summed E-state index contributed by atoms with van der Waals surface area (Å²) in [5, 5.41) is 7.96. The van der Waals surface area contributed by atoms with Crippen molar-refractivity contribution in [2.45, 2.75) is 59.7 Å². The van der Waals surface area contributed by atoms with Gasteiger partial charge in [-0.15, -0.1) is 0 Å². The molecule has 0 fully saturated rings. The second-order valence-electron chi connectivity index (χ2n) is 10.8. The number of anilines is 2. The van der Waals surface area contributed by atoms with Crippen molar-refractivity contribution >= 4 is 46.4 Å². The number of carbonyl (C=O) groups excluding carboxylic acids is 4. The highest BCUT2D eigenvalue weighted by atomic mass is 19.4. The Morgan fingerprint density at radius 1 is 0.889 bits per heavy atom. The van der Waals surface area contributed by atoms with Crippen LogP contribution in [0.25, 0.3) is 11.2 Å². The van der Waals surface area contributed by atoms with Crippen molar-refractivity contribution < 1.29 is 32.3 Å². The third-order valence-electron chi connectivity index (χ3n) is 6.45. The van der Waals surface area contributed by atoms with E-state index in [0.717, 1.165) is 19.0 Å². The smallest absolute Gasteiger partial charge is 0.356 e. The molecule has 13 nitrogen and oxygen atoms in total. The number of hydrogen-bond donors (Lipinski definition) is 4. The van der Waals surface area contributed by atoms with Crippen LogP contribution >= 0.6 is 0 Å². The zero-order valence-electron chi connectivity index (χ0n) is 25.2. The summed E-state index contributed by atoms with van der Waals surface area (Å²) in [4.78, 5) is 75.8. The fraction of sp³-hybridized carbons (Fsp3) is 0.448. The molecule has 0 spiro atoms. The Labute approximate surface area is 256 Å². The Bertz CT molecular complexity index is 1590. The predicted molar refractivity (Wildman–Crippen MR) is 159 cm³/mol. The molecule has 16 heteroatoms. The number of nitrogens with zero attached hydrogens (tertiary/aromatic N) is 4. The Hall–Kier alpha value is -4.89. The monoisotopic (exact) mass is 632 g/mol. The molecule has 45 heavy (non-hydrogen) atoms. The van der Waals surface area contributed by atoms with E-state index in [0.29, 0.717) is 24.4 Å². The summed E-state index contributed by atoms with van der Waals surface area (Å²) in [7, 11) is 0. The Morgan fingerprint density at radius 2 is 1.51 bits per heavy atom. The van der Waals surface area contributed by atoms with Gasteiger partial charge in [0.1, 0.15) is 0 Å². The van der Waals surface area contributed by atoms with E-state index in [4.69, 9.17) is 0 Å². The van der Waals surface area contributed by atoms with E-state index in [-0.39, 0.29) is 45.9 Å². The average molecular weight is 633 g/mol. The van der Waals surface area contributed by atoms with Gasteiger partial charge in [-0.2, -0.15) is 18.2 Å². The quantitative estimate of drug-likeness (QED) is 0.208. The summed E-state index contributed by atoms with van der Waals surface area (Å²) in [6, 6.07) is 4.97. The van der Waals surface area contributed by atoms with Gasteiger partial charge in [-0.1, -0.05) is 27.7 Å². The van der Waals surface area contributed by atoms with Gasteiger partial charge in [0.2, 0.25) is 17.8 Å². The van der Waals surface area contributed by atoms with Gasteiger partial charge in [-0.3, -0.25) is 39.2 Å². The maximum absolute atomic E-state index is 13.5. The van der Waals surface area contributed by atoms with Gasteiger partial charge in [0.25, 0.3) is 11.5 Å². The van der Waals surface area contributed by atoms with E-state index in [1.165, 1.54) is 24.3 Å². The molecule has 4 amide bonds. The largest absolute Gasteiger partial charge is 0.471 e. The number of aromatic nitrogens is 4. The number of fused-ring (bicyclic) bond motifs is 1. The molecule has 1 aromatic carbocycles. The zero-order chi connectivity index (χ0) is 33.3. The molecule has 3 aromatic rings. The SMILES string of the molecule is CC(C)C(=O)NCCCCCNC(=O)c1ccc(N(Cc2cnc3nc(NC(=O)C(C)C)[nH]c(=O)c3n2)C(=O)C(F)(F)F)cc1. The molecule has 2 aromatic heterocycles. The van der Waals surface area contributed by atoms with Crippen molar-refractivity contribution in [2.75, 3.05) is 23.3 Å². The lowest BCUT2D eigenvalue weighted by atomic mass is 10.1. The number of alkyl halides is 3.